The van der Waals surface area contributed by atoms with E-state index in [0.29, 0.717) is 12.5 Å². The SMILES string of the molecule is O=C(NCc1nn2c(C3CC3)nnc2s1)C1CC1. The highest BCUT2D eigenvalue weighted by Gasteiger charge is 2.31. The van der Waals surface area contributed by atoms with E-state index >= 15 is 0 Å². The fourth-order valence-corrected chi connectivity index (χ4v) is 2.77. The molecule has 0 unspecified atom stereocenters. The number of rotatable bonds is 4. The Bertz CT molecular complexity index is 610. The van der Waals surface area contributed by atoms with Crippen molar-refractivity contribution in [2.45, 2.75) is 38.1 Å². The number of carbonyl (C=O) groups is 1. The van der Waals surface area contributed by atoms with Gasteiger partial charge in [-0.1, -0.05) is 11.3 Å². The number of aromatic nitrogens is 4. The summed E-state index contributed by atoms with van der Waals surface area (Å²) < 4.78 is 1.83. The Kier molecular flexibility index (Phi) is 2.17. The Labute approximate surface area is 107 Å². The third-order valence-corrected chi connectivity index (χ3v) is 4.26. The second-order valence-electron chi connectivity index (χ2n) is 5.01. The third-order valence-electron chi connectivity index (χ3n) is 3.36. The first-order valence-electron chi connectivity index (χ1n) is 6.30. The van der Waals surface area contributed by atoms with E-state index in [1.165, 1.54) is 24.2 Å². The van der Waals surface area contributed by atoms with E-state index in [1.807, 2.05) is 4.52 Å². The Hall–Kier alpha value is -1.50. The fraction of sp³-hybridized carbons (Fsp3) is 0.636. The molecule has 4 rings (SSSR count). The van der Waals surface area contributed by atoms with Gasteiger partial charge in [-0.15, -0.1) is 10.2 Å². The molecule has 6 nitrogen and oxygen atoms in total. The standard InChI is InChI=1S/C11H13N5OS/c17-10(7-3-4-7)12-5-8-15-16-9(6-1-2-6)13-14-11(16)18-8/h6-7H,1-5H2,(H,12,17). The molecule has 2 aliphatic rings. The Morgan fingerprint density at radius 2 is 2.17 bits per heavy atom. The zero-order valence-corrected chi connectivity index (χ0v) is 10.6. The molecule has 0 bridgehead atoms. The van der Waals surface area contributed by atoms with Gasteiger partial charge in [0.25, 0.3) is 0 Å². The molecular weight excluding hydrogens is 250 g/mol. The average Bonchev–Trinajstić information content (AvgIpc) is 3.25. The summed E-state index contributed by atoms with van der Waals surface area (Å²) in [7, 11) is 0. The Morgan fingerprint density at radius 3 is 2.89 bits per heavy atom. The van der Waals surface area contributed by atoms with E-state index in [2.05, 4.69) is 20.6 Å². The summed E-state index contributed by atoms with van der Waals surface area (Å²) in [5.74, 6) is 1.91. The molecule has 0 atom stereocenters. The van der Waals surface area contributed by atoms with Crippen LogP contribution in [0.15, 0.2) is 0 Å². The molecular formula is C11H13N5OS. The summed E-state index contributed by atoms with van der Waals surface area (Å²) in [5, 5.41) is 16.6. The summed E-state index contributed by atoms with van der Waals surface area (Å²) in [4.78, 5) is 12.4. The van der Waals surface area contributed by atoms with Gasteiger partial charge in [0.1, 0.15) is 5.01 Å². The van der Waals surface area contributed by atoms with Gasteiger partial charge in [0.2, 0.25) is 10.9 Å². The molecule has 2 aromatic heterocycles. The minimum Gasteiger partial charge on any atom is -0.349 e. The lowest BCUT2D eigenvalue weighted by atomic mass is 10.4. The molecule has 0 radical (unpaired) electrons. The molecule has 0 aliphatic heterocycles. The van der Waals surface area contributed by atoms with Crippen LogP contribution in [-0.4, -0.2) is 25.7 Å². The van der Waals surface area contributed by atoms with Crippen molar-refractivity contribution in [2.24, 2.45) is 5.92 Å². The van der Waals surface area contributed by atoms with E-state index < -0.39 is 0 Å². The van der Waals surface area contributed by atoms with Crippen LogP contribution in [-0.2, 0) is 11.3 Å². The van der Waals surface area contributed by atoms with Crippen LogP contribution in [0.25, 0.3) is 4.96 Å². The number of hydrogen-bond donors (Lipinski definition) is 1. The highest BCUT2D eigenvalue weighted by molar-refractivity contribution is 7.16. The third kappa shape index (κ3) is 1.78. The van der Waals surface area contributed by atoms with Crippen molar-refractivity contribution >= 4 is 22.2 Å². The van der Waals surface area contributed by atoms with Crippen molar-refractivity contribution in [3.8, 4) is 0 Å². The van der Waals surface area contributed by atoms with Crippen LogP contribution in [0.4, 0.5) is 0 Å². The van der Waals surface area contributed by atoms with Gasteiger partial charge < -0.3 is 5.32 Å². The number of amides is 1. The van der Waals surface area contributed by atoms with Crippen LogP contribution in [0.5, 0.6) is 0 Å². The van der Waals surface area contributed by atoms with Crippen LogP contribution in [0, 0.1) is 5.92 Å². The van der Waals surface area contributed by atoms with Gasteiger partial charge in [0, 0.05) is 11.8 Å². The topological polar surface area (TPSA) is 72.2 Å². The molecule has 2 saturated carbocycles. The molecule has 1 N–H and O–H groups in total. The van der Waals surface area contributed by atoms with Crippen LogP contribution >= 0.6 is 11.3 Å². The van der Waals surface area contributed by atoms with E-state index in [-0.39, 0.29) is 11.8 Å². The normalized spacial score (nSPS) is 19.3. The molecule has 2 fully saturated rings. The molecule has 94 valence electrons. The highest BCUT2D eigenvalue weighted by atomic mass is 32.1. The van der Waals surface area contributed by atoms with E-state index in [1.54, 1.807) is 0 Å². The largest absolute Gasteiger partial charge is 0.349 e. The summed E-state index contributed by atoms with van der Waals surface area (Å²) >= 11 is 1.50. The Morgan fingerprint density at radius 1 is 1.33 bits per heavy atom. The van der Waals surface area contributed by atoms with Crippen molar-refractivity contribution in [1.29, 1.82) is 0 Å². The number of carbonyl (C=O) groups excluding carboxylic acids is 1. The lowest BCUT2D eigenvalue weighted by molar-refractivity contribution is -0.122. The zero-order valence-electron chi connectivity index (χ0n) is 9.80. The second-order valence-corrected chi connectivity index (χ2v) is 6.06. The summed E-state index contributed by atoms with van der Waals surface area (Å²) in [5.41, 5.74) is 0. The highest BCUT2D eigenvalue weighted by Crippen LogP contribution is 2.39. The van der Waals surface area contributed by atoms with E-state index in [9.17, 15) is 4.79 Å². The number of hydrogen-bond acceptors (Lipinski definition) is 5. The lowest BCUT2D eigenvalue weighted by Gasteiger charge is -1.99. The van der Waals surface area contributed by atoms with Gasteiger partial charge in [0.15, 0.2) is 5.82 Å². The van der Waals surface area contributed by atoms with Gasteiger partial charge in [-0.3, -0.25) is 4.79 Å². The van der Waals surface area contributed by atoms with Crippen molar-refractivity contribution in [2.75, 3.05) is 0 Å². The molecule has 7 heteroatoms. The summed E-state index contributed by atoms with van der Waals surface area (Å²) in [6.07, 6.45) is 4.43. The predicted molar refractivity (Wildman–Crippen MR) is 65.2 cm³/mol. The van der Waals surface area contributed by atoms with Crippen molar-refractivity contribution in [3.05, 3.63) is 10.8 Å². The van der Waals surface area contributed by atoms with Crippen LogP contribution in [0.1, 0.15) is 42.4 Å². The summed E-state index contributed by atoms with van der Waals surface area (Å²) in [6.45, 7) is 0.507. The summed E-state index contributed by atoms with van der Waals surface area (Å²) in [6, 6.07) is 0. The van der Waals surface area contributed by atoms with E-state index in [4.69, 9.17) is 0 Å². The fourth-order valence-electron chi connectivity index (χ4n) is 1.99. The van der Waals surface area contributed by atoms with E-state index in [0.717, 1.165) is 28.6 Å². The molecule has 18 heavy (non-hydrogen) atoms. The zero-order chi connectivity index (χ0) is 12.1. The van der Waals surface area contributed by atoms with Crippen LogP contribution < -0.4 is 5.32 Å². The maximum absolute atomic E-state index is 11.5. The molecule has 2 heterocycles. The average molecular weight is 263 g/mol. The minimum atomic E-state index is 0.156. The van der Waals surface area contributed by atoms with Gasteiger partial charge in [-0.2, -0.15) is 9.61 Å². The number of nitrogens with one attached hydrogen (secondary N) is 1. The first kappa shape index (κ1) is 10.4. The van der Waals surface area contributed by atoms with Crippen LogP contribution in [0.3, 0.4) is 0 Å². The lowest BCUT2D eigenvalue weighted by Crippen LogP contribution is -2.24. The molecule has 0 saturated heterocycles. The molecule has 0 spiro atoms. The number of fused-ring (bicyclic) bond motifs is 1. The second kappa shape index (κ2) is 3.74. The smallest absolute Gasteiger partial charge is 0.234 e. The maximum atomic E-state index is 11.5. The molecule has 1 amide bonds. The number of nitrogens with zero attached hydrogens (tertiary/aromatic N) is 4. The van der Waals surface area contributed by atoms with Crippen LogP contribution in [0.2, 0.25) is 0 Å². The maximum Gasteiger partial charge on any atom is 0.234 e. The Balaban J connectivity index is 1.52. The van der Waals surface area contributed by atoms with Gasteiger partial charge in [0.05, 0.1) is 6.54 Å². The van der Waals surface area contributed by atoms with Crippen molar-refractivity contribution in [3.63, 3.8) is 0 Å². The molecule has 0 aromatic carbocycles. The van der Waals surface area contributed by atoms with Crippen molar-refractivity contribution in [1.82, 2.24) is 25.1 Å². The predicted octanol–water partition coefficient (Wildman–Crippen LogP) is 1.09. The quantitative estimate of drug-likeness (QED) is 0.896. The van der Waals surface area contributed by atoms with Gasteiger partial charge in [-0.05, 0) is 25.7 Å². The monoisotopic (exact) mass is 263 g/mol. The van der Waals surface area contributed by atoms with Gasteiger partial charge in [-0.25, -0.2) is 0 Å². The van der Waals surface area contributed by atoms with Crippen molar-refractivity contribution < 1.29 is 4.79 Å². The minimum absolute atomic E-state index is 0.156. The molecule has 2 aromatic rings. The van der Waals surface area contributed by atoms with Gasteiger partial charge >= 0.3 is 0 Å². The first-order chi connectivity index (χ1) is 8.81. The first-order valence-corrected chi connectivity index (χ1v) is 7.11. The molecule has 2 aliphatic carbocycles.